The van der Waals surface area contributed by atoms with Gasteiger partial charge >= 0.3 is 0 Å². The number of nitrogens with two attached hydrogens (primary N) is 1. The monoisotopic (exact) mass is 344 g/mol. The fourth-order valence-corrected chi connectivity index (χ4v) is 4.49. The number of hydrogen-bond donors (Lipinski definition) is 2. The molecule has 5 nitrogen and oxygen atoms in total. The van der Waals surface area contributed by atoms with Crippen molar-refractivity contribution in [1.29, 1.82) is 0 Å². The van der Waals surface area contributed by atoms with E-state index < -0.39 is 15.6 Å². The average molecular weight is 345 g/mol. The molecule has 0 saturated heterocycles. The van der Waals surface area contributed by atoms with Gasteiger partial charge in [-0.2, -0.15) is 0 Å². The van der Waals surface area contributed by atoms with Crippen molar-refractivity contribution in [3.05, 3.63) is 34.7 Å². The third-order valence-corrected chi connectivity index (χ3v) is 5.88. The summed E-state index contributed by atoms with van der Waals surface area (Å²) in [5.41, 5.74) is 6.10. The molecule has 0 bridgehead atoms. The molecule has 22 heavy (non-hydrogen) atoms. The predicted molar refractivity (Wildman–Crippen MR) is 89.5 cm³/mol. The van der Waals surface area contributed by atoms with Crippen molar-refractivity contribution in [3.8, 4) is 5.75 Å². The molecule has 0 amide bonds. The van der Waals surface area contributed by atoms with Crippen LogP contribution in [0.5, 0.6) is 5.75 Å². The van der Waals surface area contributed by atoms with Crippen molar-refractivity contribution in [3.63, 3.8) is 0 Å². The Bertz CT molecular complexity index is 667. The topological polar surface area (TPSA) is 81.4 Å². The molecule has 1 fully saturated rings. The molecule has 3 rings (SSSR count). The van der Waals surface area contributed by atoms with Crippen LogP contribution in [0.15, 0.2) is 29.2 Å². The summed E-state index contributed by atoms with van der Waals surface area (Å²) < 4.78 is 33.6. The molecule has 1 aromatic carbocycles. The highest BCUT2D eigenvalue weighted by Gasteiger charge is 2.38. The van der Waals surface area contributed by atoms with Gasteiger partial charge in [0.2, 0.25) is 10.0 Å². The predicted octanol–water partition coefficient (Wildman–Crippen LogP) is 2.03. The number of sulfonamides is 1. The second-order valence-electron chi connectivity index (χ2n) is 5.73. The molecule has 0 aromatic heterocycles. The van der Waals surface area contributed by atoms with Crippen molar-refractivity contribution in [2.45, 2.75) is 31.2 Å². The summed E-state index contributed by atoms with van der Waals surface area (Å²) in [6, 6.07) is 7.41. The Morgan fingerprint density at radius 2 is 1.91 bits per heavy atom. The van der Waals surface area contributed by atoms with Gasteiger partial charge in [-0.05, 0) is 25.0 Å². The van der Waals surface area contributed by atoms with E-state index in [-0.39, 0.29) is 23.9 Å². The lowest BCUT2D eigenvalue weighted by Crippen LogP contribution is -2.52. The zero-order chi connectivity index (χ0) is 14.9. The highest BCUT2D eigenvalue weighted by Crippen LogP contribution is 2.32. The molecule has 0 spiro atoms. The normalized spacial score (nSPS) is 19.6. The van der Waals surface area contributed by atoms with Crippen LogP contribution in [-0.2, 0) is 10.0 Å². The third-order valence-electron chi connectivity index (χ3n) is 4.25. The van der Waals surface area contributed by atoms with Crippen LogP contribution in [0.4, 0.5) is 0 Å². The van der Waals surface area contributed by atoms with E-state index in [0.29, 0.717) is 12.3 Å². The average Bonchev–Trinajstić information content (AvgIpc) is 2.95. The van der Waals surface area contributed by atoms with Gasteiger partial charge in [0.25, 0.3) is 0 Å². The minimum absolute atomic E-state index is 0. The van der Waals surface area contributed by atoms with Gasteiger partial charge < -0.3 is 10.5 Å². The summed E-state index contributed by atoms with van der Waals surface area (Å²) >= 11 is 0. The van der Waals surface area contributed by atoms with Gasteiger partial charge in [0.15, 0.2) is 0 Å². The molecule has 2 aliphatic rings. The summed E-state index contributed by atoms with van der Waals surface area (Å²) in [5, 5.41) is 0. The van der Waals surface area contributed by atoms with Crippen molar-refractivity contribution >= 4 is 28.5 Å². The Hall–Kier alpha value is -1.08. The van der Waals surface area contributed by atoms with Gasteiger partial charge in [0.1, 0.15) is 12.4 Å². The molecular formula is C15H21ClN2O3S. The number of para-hydroxylation sites is 1. The molecule has 122 valence electrons. The first kappa shape index (κ1) is 17.3. The maximum Gasteiger partial charge on any atom is 0.240 e. The summed E-state index contributed by atoms with van der Waals surface area (Å²) in [7, 11) is -3.57. The van der Waals surface area contributed by atoms with Crippen LogP contribution < -0.4 is 15.2 Å². The van der Waals surface area contributed by atoms with Crippen molar-refractivity contribution in [2.24, 2.45) is 5.73 Å². The van der Waals surface area contributed by atoms with Crippen LogP contribution in [-0.4, -0.2) is 27.1 Å². The molecule has 1 aliphatic heterocycles. The maximum atomic E-state index is 12.6. The van der Waals surface area contributed by atoms with E-state index in [1.807, 2.05) is 24.3 Å². The van der Waals surface area contributed by atoms with Crippen LogP contribution in [0.2, 0.25) is 0 Å². The molecule has 1 aromatic rings. The van der Waals surface area contributed by atoms with E-state index in [9.17, 15) is 8.42 Å². The molecular weight excluding hydrogens is 324 g/mol. The van der Waals surface area contributed by atoms with Gasteiger partial charge in [0, 0.05) is 17.6 Å². The minimum atomic E-state index is -3.57. The number of nitrogens with one attached hydrogen (secondary N) is 1. The van der Waals surface area contributed by atoms with Crippen LogP contribution in [0.25, 0.3) is 6.08 Å². The highest BCUT2D eigenvalue weighted by molar-refractivity contribution is 7.93. The lowest BCUT2D eigenvalue weighted by atomic mass is 10.0. The molecule has 0 radical (unpaired) electrons. The molecule has 3 N–H and O–H groups in total. The van der Waals surface area contributed by atoms with E-state index in [4.69, 9.17) is 10.5 Å². The SMILES string of the molecule is Cl.NCC1(NS(=O)(=O)C2=Cc3ccccc3OC2)CCCC1. The first-order valence-electron chi connectivity index (χ1n) is 7.21. The van der Waals surface area contributed by atoms with Gasteiger partial charge in [-0.15, -0.1) is 12.4 Å². The maximum absolute atomic E-state index is 12.6. The number of benzene rings is 1. The van der Waals surface area contributed by atoms with Gasteiger partial charge in [-0.1, -0.05) is 31.0 Å². The number of hydrogen-bond acceptors (Lipinski definition) is 4. The zero-order valence-electron chi connectivity index (χ0n) is 12.2. The first-order chi connectivity index (χ1) is 10.0. The molecule has 1 saturated carbocycles. The quantitative estimate of drug-likeness (QED) is 0.875. The minimum Gasteiger partial charge on any atom is -0.487 e. The Morgan fingerprint density at radius 1 is 1.23 bits per heavy atom. The standard InChI is InChI=1S/C15H20N2O3S.ClH/c16-11-15(7-3-4-8-15)17-21(18,19)13-9-12-5-1-2-6-14(12)20-10-13;/h1-2,5-6,9,17H,3-4,7-8,10-11,16H2;1H. The van der Waals surface area contributed by atoms with Crippen LogP contribution in [0, 0.1) is 0 Å². The first-order valence-corrected chi connectivity index (χ1v) is 8.69. The molecule has 0 atom stereocenters. The second-order valence-corrected chi connectivity index (χ2v) is 7.47. The Labute approximate surface area is 137 Å². The van der Waals surface area contributed by atoms with E-state index >= 15 is 0 Å². The number of fused-ring (bicyclic) bond motifs is 1. The summed E-state index contributed by atoms with van der Waals surface area (Å²) in [5.74, 6) is 0.714. The Kier molecular flexibility index (Phi) is 5.17. The van der Waals surface area contributed by atoms with E-state index in [1.54, 1.807) is 6.08 Å². The van der Waals surface area contributed by atoms with Crippen LogP contribution in [0.1, 0.15) is 31.2 Å². The van der Waals surface area contributed by atoms with Gasteiger partial charge in [0.05, 0.1) is 4.91 Å². The lowest BCUT2D eigenvalue weighted by molar-refractivity contribution is 0.350. The highest BCUT2D eigenvalue weighted by atomic mass is 35.5. The van der Waals surface area contributed by atoms with Crippen molar-refractivity contribution < 1.29 is 13.2 Å². The summed E-state index contributed by atoms with van der Waals surface area (Å²) in [4.78, 5) is 0.265. The number of rotatable bonds is 4. The Balaban J connectivity index is 0.00000176. The molecule has 1 heterocycles. The summed E-state index contributed by atoms with van der Waals surface area (Å²) in [6.45, 7) is 0.393. The fourth-order valence-electron chi connectivity index (χ4n) is 3.00. The van der Waals surface area contributed by atoms with Crippen molar-refractivity contribution in [1.82, 2.24) is 4.72 Å². The third kappa shape index (κ3) is 3.30. The second kappa shape index (κ2) is 6.58. The number of ether oxygens (including phenoxy) is 1. The fraction of sp³-hybridized carbons (Fsp3) is 0.467. The summed E-state index contributed by atoms with van der Waals surface area (Å²) in [6.07, 6.45) is 5.30. The smallest absolute Gasteiger partial charge is 0.240 e. The van der Waals surface area contributed by atoms with E-state index in [2.05, 4.69) is 4.72 Å². The van der Waals surface area contributed by atoms with Gasteiger partial charge in [-0.25, -0.2) is 13.1 Å². The van der Waals surface area contributed by atoms with E-state index in [1.165, 1.54) is 0 Å². The molecule has 7 heteroatoms. The van der Waals surface area contributed by atoms with E-state index in [0.717, 1.165) is 31.2 Å². The van der Waals surface area contributed by atoms with Crippen LogP contribution >= 0.6 is 12.4 Å². The van der Waals surface area contributed by atoms with Crippen molar-refractivity contribution in [2.75, 3.05) is 13.2 Å². The Morgan fingerprint density at radius 3 is 2.59 bits per heavy atom. The zero-order valence-corrected chi connectivity index (χ0v) is 13.9. The number of halogens is 1. The molecule has 0 unspecified atom stereocenters. The molecule has 1 aliphatic carbocycles. The van der Waals surface area contributed by atoms with Gasteiger partial charge in [-0.3, -0.25) is 0 Å². The largest absolute Gasteiger partial charge is 0.487 e. The lowest BCUT2D eigenvalue weighted by Gasteiger charge is -2.29. The van der Waals surface area contributed by atoms with Crippen LogP contribution in [0.3, 0.4) is 0 Å².